The van der Waals surface area contributed by atoms with Gasteiger partial charge in [-0.3, -0.25) is 9.59 Å². The number of halogens is 1. The minimum atomic E-state index is -0.367. The van der Waals surface area contributed by atoms with E-state index < -0.39 is 0 Å². The van der Waals surface area contributed by atoms with E-state index in [0.717, 1.165) is 5.56 Å². The summed E-state index contributed by atoms with van der Waals surface area (Å²) in [7, 11) is 0. The molecule has 154 valence electrons. The molecular weight excluding hydrogens is 383 g/mol. The summed E-state index contributed by atoms with van der Waals surface area (Å²) in [5, 5.41) is 2.86. The van der Waals surface area contributed by atoms with Crippen molar-refractivity contribution < 1.29 is 18.7 Å². The van der Waals surface area contributed by atoms with Crippen LogP contribution in [-0.4, -0.2) is 25.0 Å². The minimum Gasteiger partial charge on any atom is -0.483 e. The van der Waals surface area contributed by atoms with E-state index in [2.05, 4.69) is 5.32 Å². The smallest absolute Gasteiger partial charge is 0.264 e. The number of hydrogen-bond acceptors (Lipinski definition) is 3. The predicted octanol–water partition coefficient (Wildman–Crippen LogP) is 4.19. The number of anilines is 1. The van der Waals surface area contributed by atoms with Crippen molar-refractivity contribution in [2.24, 2.45) is 0 Å². The van der Waals surface area contributed by atoms with Crippen LogP contribution in [0.25, 0.3) is 0 Å². The summed E-state index contributed by atoms with van der Waals surface area (Å²) in [6.45, 7) is 2.38. The Morgan fingerprint density at radius 2 is 1.60 bits per heavy atom. The number of hydrogen-bond donors (Lipinski definition) is 1. The third-order valence-electron chi connectivity index (χ3n) is 4.53. The summed E-state index contributed by atoms with van der Waals surface area (Å²) >= 11 is 0. The molecule has 0 saturated heterocycles. The molecule has 3 rings (SSSR count). The molecule has 0 aliphatic heterocycles. The Balaban J connectivity index is 1.64. The zero-order valence-corrected chi connectivity index (χ0v) is 16.7. The van der Waals surface area contributed by atoms with Gasteiger partial charge in [0, 0.05) is 18.8 Å². The number of nitrogens with zero attached hydrogens (tertiary/aromatic N) is 1. The Morgan fingerprint density at radius 3 is 2.30 bits per heavy atom. The Kier molecular flexibility index (Phi) is 7.16. The van der Waals surface area contributed by atoms with Crippen LogP contribution in [-0.2, 0) is 11.3 Å². The Morgan fingerprint density at radius 1 is 0.933 bits per heavy atom. The second-order valence-corrected chi connectivity index (χ2v) is 6.57. The molecule has 6 heteroatoms. The molecule has 0 atom stereocenters. The number of amides is 2. The molecule has 0 aliphatic rings. The van der Waals surface area contributed by atoms with Gasteiger partial charge in [0.2, 0.25) is 0 Å². The van der Waals surface area contributed by atoms with E-state index in [1.54, 1.807) is 36.4 Å². The van der Waals surface area contributed by atoms with Crippen molar-refractivity contribution in [2.45, 2.75) is 13.5 Å². The zero-order valence-electron chi connectivity index (χ0n) is 16.7. The van der Waals surface area contributed by atoms with Gasteiger partial charge in [0.1, 0.15) is 11.6 Å². The molecule has 0 saturated carbocycles. The normalized spacial score (nSPS) is 10.3. The Labute approximate surface area is 175 Å². The van der Waals surface area contributed by atoms with Crippen LogP contribution in [0.2, 0.25) is 0 Å². The Bertz CT molecular complexity index is 991. The van der Waals surface area contributed by atoms with Crippen LogP contribution < -0.4 is 15.0 Å². The molecule has 2 amide bonds. The highest BCUT2D eigenvalue weighted by molar-refractivity contribution is 5.97. The van der Waals surface area contributed by atoms with E-state index in [0.29, 0.717) is 30.1 Å². The van der Waals surface area contributed by atoms with Gasteiger partial charge in [0.05, 0.1) is 5.56 Å². The number of carbonyl (C=O) groups is 2. The highest BCUT2D eigenvalue weighted by Gasteiger charge is 2.17. The summed E-state index contributed by atoms with van der Waals surface area (Å²) < 4.78 is 18.8. The molecular formula is C24H23FN2O3. The van der Waals surface area contributed by atoms with Crippen molar-refractivity contribution in [1.29, 1.82) is 0 Å². The van der Waals surface area contributed by atoms with Gasteiger partial charge in [-0.15, -0.1) is 0 Å². The Hall–Kier alpha value is -3.67. The van der Waals surface area contributed by atoms with Crippen LogP contribution in [0.1, 0.15) is 22.8 Å². The van der Waals surface area contributed by atoms with E-state index in [1.165, 1.54) is 17.0 Å². The van der Waals surface area contributed by atoms with Gasteiger partial charge in [-0.1, -0.05) is 42.5 Å². The second kappa shape index (κ2) is 10.2. The average molecular weight is 406 g/mol. The number of carbonyl (C=O) groups excluding carboxylic acids is 2. The first-order valence-electron chi connectivity index (χ1n) is 9.68. The predicted molar refractivity (Wildman–Crippen MR) is 114 cm³/mol. The van der Waals surface area contributed by atoms with Gasteiger partial charge in [0.25, 0.3) is 11.8 Å². The molecule has 0 bridgehead atoms. The molecule has 0 unspecified atom stereocenters. The van der Waals surface area contributed by atoms with Crippen LogP contribution in [0.3, 0.4) is 0 Å². The number of likely N-dealkylation sites (N-methyl/N-ethyl adjacent to an activating group) is 1. The summed E-state index contributed by atoms with van der Waals surface area (Å²) in [6.07, 6.45) is 0. The molecule has 0 fully saturated rings. The first kappa shape index (κ1) is 21.0. The van der Waals surface area contributed by atoms with Crippen molar-refractivity contribution in [3.05, 3.63) is 95.8 Å². The fourth-order valence-electron chi connectivity index (χ4n) is 2.99. The highest BCUT2D eigenvalue weighted by Crippen LogP contribution is 2.19. The standard InChI is InChI=1S/C24H23FN2O3/c1-2-27(20-14-12-19(25)13-15-20)23(28)17-30-22-11-7-6-10-21(22)24(29)26-16-18-8-4-3-5-9-18/h3-15H,2,16-17H2,1H3,(H,26,29). The van der Waals surface area contributed by atoms with E-state index in [1.807, 2.05) is 37.3 Å². The van der Waals surface area contributed by atoms with Crippen LogP contribution in [0, 0.1) is 5.82 Å². The number of ether oxygens (including phenoxy) is 1. The summed E-state index contributed by atoms with van der Waals surface area (Å²) in [6, 6.07) is 22.1. The SMILES string of the molecule is CCN(C(=O)COc1ccccc1C(=O)NCc1ccccc1)c1ccc(F)cc1. The monoisotopic (exact) mass is 406 g/mol. The summed E-state index contributed by atoms with van der Waals surface area (Å²) in [4.78, 5) is 26.7. The first-order valence-corrected chi connectivity index (χ1v) is 9.68. The van der Waals surface area contributed by atoms with E-state index in [4.69, 9.17) is 4.74 Å². The fourth-order valence-corrected chi connectivity index (χ4v) is 2.99. The number of benzene rings is 3. The van der Waals surface area contributed by atoms with E-state index in [9.17, 15) is 14.0 Å². The molecule has 30 heavy (non-hydrogen) atoms. The van der Waals surface area contributed by atoms with Gasteiger partial charge in [-0.05, 0) is 48.9 Å². The van der Waals surface area contributed by atoms with Gasteiger partial charge >= 0.3 is 0 Å². The average Bonchev–Trinajstić information content (AvgIpc) is 2.78. The second-order valence-electron chi connectivity index (χ2n) is 6.57. The first-order chi connectivity index (χ1) is 14.6. The van der Waals surface area contributed by atoms with Crippen molar-refractivity contribution in [1.82, 2.24) is 5.32 Å². The molecule has 3 aromatic carbocycles. The zero-order chi connectivity index (χ0) is 21.3. The maximum atomic E-state index is 13.1. The van der Waals surface area contributed by atoms with E-state index >= 15 is 0 Å². The highest BCUT2D eigenvalue weighted by atomic mass is 19.1. The van der Waals surface area contributed by atoms with Crippen molar-refractivity contribution in [3.8, 4) is 5.75 Å². The van der Waals surface area contributed by atoms with Crippen LogP contribution >= 0.6 is 0 Å². The lowest BCUT2D eigenvalue weighted by Gasteiger charge is -2.21. The molecule has 0 aliphatic carbocycles. The van der Waals surface area contributed by atoms with Crippen molar-refractivity contribution in [2.75, 3.05) is 18.1 Å². The van der Waals surface area contributed by atoms with Crippen molar-refractivity contribution in [3.63, 3.8) is 0 Å². The van der Waals surface area contributed by atoms with Crippen LogP contribution in [0.4, 0.5) is 10.1 Å². The molecule has 0 heterocycles. The maximum absolute atomic E-state index is 13.1. The maximum Gasteiger partial charge on any atom is 0.264 e. The number of para-hydroxylation sites is 1. The largest absolute Gasteiger partial charge is 0.483 e. The van der Waals surface area contributed by atoms with Crippen LogP contribution in [0.15, 0.2) is 78.9 Å². The quantitative estimate of drug-likeness (QED) is 0.610. The fraction of sp³-hybridized carbons (Fsp3) is 0.167. The van der Waals surface area contributed by atoms with Gasteiger partial charge in [0.15, 0.2) is 6.61 Å². The molecule has 1 N–H and O–H groups in total. The molecule has 3 aromatic rings. The third kappa shape index (κ3) is 5.44. The summed E-state index contributed by atoms with van der Waals surface area (Å²) in [5.74, 6) is -0.614. The van der Waals surface area contributed by atoms with E-state index in [-0.39, 0.29) is 24.2 Å². The van der Waals surface area contributed by atoms with Crippen molar-refractivity contribution >= 4 is 17.5 Å². The molecule has 0 aromatic heterocycles. The third-order valence-corrected chi connectivity index (χ3v) is 4.53. The number of rotatable bonds is 8. The van der Waals surface area contributed by atoms with Crippen LogP contribution in [0.5, 0.6) is 5.75 Å². The summed E-state index contributed by atoms with van der Waals surface area (Å²) in [5.41, 5.74) is 1.92. The lowest BCUT2D eigenvalue weighted by atomic mass is 10.1. The lowest BCUT2D eigenvalue weighted by molar-refractivity contribution is -0.120. The minimum absolute atomic E-state index is 0.242. The van der Waals surface area contributed by atoms with Gasteiger partial charge in [-0.2, -0.15) is 0 Å². The molecule has 0 spiro atoms. The van der Waals surface area contributed by atoms with Gasteiger partial charge in [-0.25, -0.2) is 4.39 Å². The molecule has 5 nitrogen and oxygen atoms in total. The number of nitrogens with one attached hydrogen (secondary N) is 1. The topological polar surface area (TPSA) is 58.6 Å². The molecule has 0 radical (unpaired) electrons. The lowest BCUT2D eigenvalue weighted by Crippen LogP contribution is -2.35. The van der Waals surface area contributed by atoms with Gasteiger partial charge < -0.3 is 15.0 Å².